The highest BCUT2D eigenvalue weighted by molar-refractivity contribution is 7.12. The second-order valence-corrected chi connectivity index (χ2v) is 4.93. The molecule has 0 spiro atoms. The van der Waals surface area contributed by atoms with E-state index < -0.39 is 0 Å². The smallest absolute Gasteiger partial charge is 0.0432 e. The molecule has 1 rings (SSSR count). The van der Waals surface area contributed by atoms with E-state index in [9.17, 15) is 0 Å². The van der Waals surface area contributed by atoms with Crippen molar-refractivity contribution < 1.29 is 0 Å². The van der Waals surface area contributed by atoms with Gasteiger partial charge in [-0.2, -0.15) is 0 Å². The molecule has 1 heterocycles. The fraction of sp³-hybridized carbons (Fsp3) is 0.500. The summed E-state index contributed by atoms with van der Waals surface area (Å²) in [6.07, 6.45) is 8.51. The fourth-order valence-corrected chi connectivity index (χ4v) is 2.17. The summed E-state index contributed by atoms with van der Waals surface area (Å²) >= 11 is 1.86. The molecule has 0 aliphatic heterocycles. The van der Waals surface area contributed by atoms with Crippen molar-refractivity contribution in [1.82, 2.24) is 0 Å². The Bertz CT molecular complexity index is 288. The highest BCUT2D eigenvalue weighted by atomic mass is 32.1. The second kappa shape index (κ2) is 5.09. The number of terminal acetylenes is 1. The van der Waals surface area contributed by atoms with Crippen molar-refractivity contribution in [2.75, 3.05) is 0 Å². The first-order valence-corrected chi connectivity index (χ1v) is 5.55. The summed E-state index contributed by atoms with van der Waals surface area (Å²) in [4.78, 5) is 2.79. The van der Waals surface area contributed by atoms with E-state index in [4.69, 9.17) is 6.42 Å². The first kappa shape index (κ1) is 10.3. The molecule has 0 saturated carbocycles. The van der Waals surface area contributed by atoms with Crippen LogP contribution in [0.3, 0.4) is 0 Å². The van der Waals surface area contributed by atoms with Crippen LogP contribution in [0.25, 0.3) is 0 Å². The fourth-order valence-electron chi connectivity index (χ4n) is 1.18. The highest BCUT2D eigenvalue weighted by Gasteiger charge is 2.00. The molecule has 0 bridgehead atoms. The van der Waals surface area contributed by atoms with Gasteiger partial charge in [-0.05, 0) is 30.9 Å². The second-order valence-electron chi connectivity index (χ2n) is 3.68. The molecule has 1 aromatic rings. The molecule has 0 unspecified atom stereocenters. The molecule has 1 aromatic heterocycles. The number of hydrogen-bond acceptors (Lipinski definition) is 1. The predicted molar refractivity (Wildman–Crippen MR) is 60.0 cm³/mol. The van der Waals surface area contributed by atoms with E-state index in [1.54, 1.807) is 0 Å². The molecule has 0 aliphatic rings. The molecule has 13 heavy (non-hydrogen) atoms. The van der Waals surface area contributed by atoms with Gasteiger partial charge in [0, 0.05) is 16.2 Å². The molecule has 0 aliphatic carbocycles. The molecule has 0 N–H and O–H groups in total. The lowest BCUT2D eigenvalue weighted by Gasteiger charge is -2.00. The van der Waals surface area contributed by atoms with Crippen LogP contribution in [0.2, 0.25) is 0 Å². The molecule has 0 saturated heterocycles. The summed E-state index contributed by atoms with van der Waals surface area (Å²) < 4.78 is 0. The molecular formula is C12H16S. The van der Waals surface area contributed by atoms with Crippen LogP contribution in [0.4, 0.5) is 0 Å². The average Bonchev–Trinajstić information content (AvgIpc) is 2.50. The van der Waals surface area contributed by atoms with Crippen molar-refractivity contribution in [1.29, 1.82) is 0 Å². The van der Waals surface area contributed by atoms with Gasteiger partial charge in [0.05, 0.1) is 0 Å². The quantitative estimate of drug-likeness (QED) is 0.640. The van der Waals surface area contributed by atoms with Crippen molar-refractivity contribution in [3.63, 3.8) is 0 Å². The SMILES string of the molecule is C#CCc1ccc(CCC(C)C)s1. The Balaban J connectivity index is 2.45. The standard InChI is InChI=1S/C12H16S/c1-4-5-11-8-9-12(13-11)7-6-10(2)3/h1,8-10H,5-7H2,2-3H3. The lowest BCUT2D eigenvalue weighted by molar-refractivity contribution is 0.590. The minimum atomic E-state index is 0.784. The highest BCUT2D eigenvalue weighted by Crippen LogP contribution is 2.19. The zero-order chi connectivity index (χ0) is 9.68. The maximum absolute atomic E-state index is 5.25. The summed E-state index contributed by atoms with van der Waals surface area (Å²) in [7, 11) is 0. The summed E-state index contributed by atoms with van der Waals surface area (Å²) in [6.45, 7) is 4.52. The molecule has 0 nitrogen and oxygen atoms in total. The monoisotopic (exact) mass is 192 g/mol. The molecule has 0 fully saturated rings. The van der Waals surface area contributed by atoms with Crippen LogP contribution in [0.5, 0.6) is 0 Å². The topological polar surface area (TPSA) is 0 Å². The van der Waals surface area contributed by atoms with Gasteiger partial charge >= 0.3 is 0 Å². The van der Waals surface area contributed by atoms with Crippen molar-refractivity contribution in [2.45, 2.75) is 33.1 Å². The maximum Gasteiger partial charge on any atom is 0.0432 e. The van der Waals surface area contributed by atoms with E-state index >= 15 is 0 Å². The normalized spacial score (nSPS) is 10.3. The third kappa shape index (κ3) is 3.65. The van der Waals surface area contributed by atoms with Gasteiger partial charge in [0.1, 0.15) is 0 Å². The molecule has 0 amide bonds. The van der Waals surface area contributed by atoms with Gasteiger partial charge in [-0.3, -0.25) is 0 Å². The van der Waals surface area contributed by atoms with Gasteiger partial charge in [0.15, 0.2) is 0 Å². The van der Waals surface area contributed by atoms with Crippen molar-refractivity contribution in [2.24, 2.45) is 5.92 Å². The minimum Gasteiger partial charge on any atom is -0.144 e. The van der Waals surface area contributed by atoms with E-state index in [1.165, 1.54) is 22.6 Å². The summed E-state index contributed by atoms with van der Waals surface area (Å²) in [5.74, 6) is 3.46. The molecule has 0 atom stereocenters. The van der Waals surface area contributed by atoms with Crippen LogP contribution in [-0.2, 0) is 12.8 Å². The summed E-state index contributed by atoms with van der Waals surface area (Å²) in [6, 6.07) is 4.36. The van der Waals surface area contributed by atoms with Gasteiger partial charge in [-0.25, -0.2) is 0 Å². The van der Waals surface area contributed by atoms with Crippen LogP contribution in [-0.4, -0.2) is 0 Å². The van der Waals surface area contributed by atoms with E-state index in [0.717, 1.165) is 12.3 Å². The Kier molecular flexibility index (Phi) is 4.05. The van der Waals surface area contributed by atoms with E-state index in [0.29, 0.717) is 0 Å². The molecule has 0 radical (unpaired) electrons. The van der Waals surface area contributed by atoms with Gasteiger partial charge < -0.3 is 0 Å². The lowest BCUT2D eigenvalue weighted by atomic mass is 10.1. The molecule has 1 heteroatoms. The summed E-state index contributed by atoms with van der Waals surface area (Å²) in [5.41, 5.74) is 0. The Hall–Kier alpha value is -0.740. The van der Waals surface area contributed by atoms with Crippen LogP contribution >= 0.6 is 11.3 Å². The van der Waals surface area contributed by atoms with Crippen molar-refractivity contribution in [3.05, 3.63) is 21.9 Å². The summed E-state index contributed by atoms with van der Waals surface area (Å²) in [5, 5.41) is 0. The minimum absolute atomic E-state index is 0.784. The van der Waals surface area contributed by atoms with Crippen LogP contribution < -0.4 is 0 Å². The van der Waals surface area contributed by atoms with Gasteiger partial charge in [0.2, 0.25) is 0 Å². The lowest BCUT2D eigenvalue weighted by Crippen LogP contribution is -1.88. The number of hydrogen-bond donors (Lipinski definition) is 0. The van der Waals surface area contributed by atoms with Gasteiger partial charge in [-0.15, -0.1) is 23.7 Å². The number of aryl methyl sites for hydroxylation is 1. The number of rotatable bonds is 4. The third-order valence-corrected chi connectivity index (χ3v) is 3.11. The first-order valence-electron chi connectivity index (χ1n) is 4.73. The van der Waals surface area contributed by atoms with E-state index in [1.807, 2.05) is 11.3 Å². The van der Waals surface area contributed by atoms with E-state index in [-0.39, 0.29) is 0 Å². The Labute approximate surface area is 85.0 Å². The van der Waals surface area contributed by atoms with Crippen LogP contribution in [0.15, 0.2) is 12.1 Å². The third-order valence-electron chi connectivity index (χ3n) is 1.96. The van der Waals surface area contributed by atoms with Crippen molar-refractivity contribution >= 4 is 11.3 Å². The Morgan fingerprint density at radius 3 is 2.69 bits per heavy atom. The molecule has 0 aromatic carbocycles. The zero-order valence-corrected chi connectivity index (χ0v) is 9.16. The largest absolute Gasteiger partial charge is 0.144 e. The molecule has 70 valence electrons. The van der Waals surface area contributed by atoms with Crippen molar-refractivity contribution in [3.8, 4) is 12.3 Å². The molecular weight excluding hydrogens is 176 g/mol. The Morgan fingerprint density at radius 1 is 1.38 bits per heavy atom. The first-order chi connectivity index (χ1) is 6.22. The Morgan fingerprint density at radius 2 is 2.08 bits per heavy atom. The van der Waals surface area contributed by atoms with Crippen LogP contribution in [0.1, 0.15) is 30.0 Å². The maximum atomic E-state index is 5.25. The van der Waals surface area contributed by atoms with Gasteiger partial charge in [0.25, 0.3) is 0 Å². The number of thiophene rings is 1. The van der Waals surface area contributed by atoms with Gasteiger partial charge in [-0.1, -0.05) is 13.8 Å². The zero-order valence-electron chi connectivity index (χ0n) is 8.34. The van der Waals surface area contributed by atoms with Crippen LogP contribution in [0, 0.1) is 18.3 Å². The average molecular weight is 192 g/mol. The predicted octanol–water partition coefficient (Wildman–Crippen LogP) is 3.51. The van der Waals surface area contributed by atoms with E-state index in [2.05, 4.69) is 31.9 Å².